The Morgan fingerprint density at radius 1 is 1.11 bits per heavy atom. The number of amides is 1. The second kappa shape index (κ2) is 8.59. The van der Waals surface area contributed by atoms with Gasteiger partial charge in [0.15, 0.2) is 0 Å². The number of aromatic nitrogens is 1. The molecule has 28 heavy (non-hydrogen) atoms. The molecule has 2 aliphatic rings. The van der Waals surface area contributed by atoms with Crippen LogP contribution in [0.25, 0.3) is 11.3 Å². The molecule has 0 unspecified atom stereocenters. The van der Waals surface area contributed by atoms with Gasteiger partial charge in [0.2, 0.25) is 5.56 Å². The Kier molecular flexibility index (Phi) is 5.75. The average Bonchev–Trinajstić information content (AvgIpc) is 3.56. The summed E-state index contributed by atoms with van der Waals surface area (Å²) in [5, 5.41) is 0. The molecule has 0 atom stereocenters. The number of nitrogens with zero attached hydrogens (tertiary/aromatic N) is 1. The Labute approximate surface area is 166 Å². The van der Waals surface area contributed by atoms with E-state index in [-0.39, 0.29) is 11.5 Å². The monoisotopic (exact) mass is 376 g/mol. The molecule has 1 amide bonds. The minimum atomic E-state index is -0.134. The largest absolute Gasteiger partial charge is 0.338 e. The third-order valence-corrected chi connectivity index (χ3v) is 5.74. The first kappa shape index (κ1) is 18.7. The van der Waals surface area contributed by atoms with Crippen LogP contribution in [0.15, 0.2) is 58.9 Å². The van der Waals surface area contributed by atoms with E-state index < -0.39 is 0 Å². The summed E-state index contributed by atoms with van der Waals surface area (Å²) in [5.41, 5.74) is 3.68. The molecule has 1 heterocycles. The number of hydrogen-bond acceptors (Lipinski definition) is 2. The number of benzene rings is 1. The van der Waals surface area contributed by atoms with E-state index in [1.165, 1.54) is 50.2 Å². The molecule has 0 radical (unpaired) electrons. The van der Waals surface area contributed by atoms with Crippen LogP contribution in [-0.2, 0) is 0 Å². The zero-order valence-electron chi connectivity index (χ0n) is 16.3. The number of pyridine rings is 1. The Morgan fingerprint density at radius 2 is 1.96 bits per heavy atom. The van der Waals surface area contributed by atoms with Crippen LogP contribution < -0.4 is 5.56 Å². The van der Waals surface area contributed by atoms with Crippen molar-refractivity contribution in [3.63, 3.8) is 0 Å². The van der Waals surface area contributed by atoms with Crippen LogP contribution in [0, 0.1) is 5.92 Å². The maximum absolute atomic E-state index is 13.3. The smallest absolute Gasteiger partial charge is 0.253 e. The molecule has 0 bridgehead atoms. The maximum atomic E-state index is 13.3. The third kappa shape index (κ3) is 4.80. The molecule has 4 rings (SSSR count). The summed E-state index contributed by atoms with van der Waals surface area (Å²) >= 11 is 0. The second-order valence-corrected chi connectivity index (χ2v) is 8.06. The Hall–Kier alpha value is -2.62. The van der Waals surface area contributed by atoms with Crippen molar-refractivity contribution in [1.82, 2.24) is 9.88 Å². The molecule has 0 spiro atoms. The zero-order chi connectivity index (χ0) is 19.3. The van der Waals surface area contributed by atoms with E-state index in [9.17, 15) is 9.59 Å². The van der Waals surface area contributed by atoms with E-state index in [0.29, 0.717) is 11.5 Å². The van der Waals surface area contributed by atoms with Crippen molar-refractivity contribution in [2.24, 2.45) is 5.92 Å². The van der Waals surface area contributed by atoms with Crippen LogP contribution in [0.1, 0.15) is 55.3 Å². The van der Waals surface area contributed by atoms with Gasteiger partial charge in [-0.25, -0.2) is 0 Å². The molecule has 1 fully saturated rings. The van der Waals surface area contributed by atoms with E-state index in [1.807, 2.05) is 35.2 Å². The normalized spacial score (nSPS) is 16.5. The predicted molar refractivity (Wildman–Crippen MR) is 112 cm³/mol. The van der Waals surface area contributed by atoms with Gasteiger partial charge in [0.1, 0.15) is 0 Å². The summed E-state index contributed by atoms with van der Waals surface area (Å²) in [6, 6.07) is 12.7. The number of aromatic amines is 1. The average molecular weight is 377 g/mol. The summed E-state index contributed by atoms with van der Waals surface area (Å²) in [6.07, 6.45) is 10.8. The minimum absolute atomic E-state index is 0.100. The van der Waals surface area contributed by atoms with Crippen LogP contribution >= 0.6 is 0 Å². The summed E-state index contributed by atoms with van der Waals surface area (Å²) in [5.74, 6) is 0.765. The first-order valence-electron chi connectivity index (χ1n) is 10.5. The van der Waals surface area contributed by atoms with Gasteiger partial charge in [0.25, 0.3) is 5.91 Å². The Morgan fingerprint density at radius 3 is 2.71 bits per heavy atom. The SMILES string of the molecule is O=C(c1cccc(-c2cccc(=O)[nH]2)c1)N(CCC1=CCCCC1)CC1CC1. The van der Waals surface area contributed by atoms with Crippen LogP contribution in [0.3, 0.4) is 0 Å². The molecule has 0 saturated heterocycles. The van der Waals surface area contributed by atoms with E-state index >= 15 is 0 Å². The van der Waals surface area contributed by atoms with E-state index in [4.69, 9.17) is 0 Å². The van der Waals surface area contributed by atoms with Crippen LogP contribution in [0.4, 0.5) is 0 Å². The van der Waals surface area contributed by atoms with Crippen molar-refractivity contribution in [1.29, 1.82) is 0 Å². The summed E-state index contributed by atoms with van der Waals surface area (Å²) in [6.45, 7) is 1.66. The number of carbonyl (C=O) groups excluding carboxylic acids is 1. The topological polar surface area (TPSA) is 53.2 Å². The number of rotatable bonds is 7. The molecular weight excluding hydrogens is 348 g/mol. The minimum Gasteiger partial charge on any atom is -0.338 e. The van der Waals surface area contributed by atoms with Crippen molar-refractivity contribution in [2.45, 2.75) is 44.9 Å². The molecule has 1 aromatic carbocycles. The van der Waals surface area contributed by atoms with Gasteiger partial charge in [-0.3, -0.25) is 9.59 Å². The lowest BCUT2D eigenvalue weighted by Crippen LogP contribution is -2.34. The highest BCUT2D eigenvalue weighted by atomic mass is 16.2. The summed E-state index contributed by atoms with van der Waals surface area (Å²) in [4.78, 5) is 29.8. The van der Waals surface area contributed by atoms with Gasteiger partial charge in [-0.2, -0.15) is 0 Å². The quantitative estimate of drug-likeness (QED) is 0.707. The molecule has 0 aliphatic heterocycles. The van der Waals surface area contributed by atoms with Crippen LogP contribution in [0.5, 0.6) is 0 Å². The molecular formula is C24H28N2O2. The van der Waals surface area contributed by atoms with Crippen molar-refractivity contribution in [3.05, 3.63) is 70.0 Å². The fourth-order valence-corrected chi connectivity index (χ4v) is 3.92. The lowest BCUT2D eigenvalue weighted by atomic mass is 9.97. The van der Waals surface area contributed by atoms with Gasteiger partial charge >= 0.3 is 0 Å². The fraction of sp³-hybridized carbons (Fsp3) is 0.417. The summed E-state index contributed by atoms with van der Waals surface area (Å²) in [7, 11) is 0. The zero-order valence-corrected chi connectivity index (χ0v) is 16.3. The van der Waals surface area contributed by atoms with Gasteiger partial charge in [-0.1, -0.05) is 29.8 Å². The Balaban J connectivity index is 1.51. The summed E-state index contributed by atoms with van der Waals surface area (Å²) < 4.78 is 0. The van der Waals surface area contributed by atoms with Crippen molar-refractivity contribution >= 4 is 5.91 Å². The van der Waals surface area contributed by atoms with Crippen LogP contribution in [0.2, 0.25) is 0 Å². The first-order chi connectivity index (χ1) is 13.7. The maximum Gasteiger partial charge on any atom is 0.253 e. The van der Waals surface area contributed by atoms with Crippen molar-refractivity contribution < 1.29 is 4.79 Å². The number of carbonyl (C=O) groups is 1. The van der Waals surface area contributed by atoms with E-state index in [1.54, 1.807) is 6.07 Å². The van der Waals surface area contributed by atoms with Gasteiger partial charge in [0.05, 0.1) is 0 Å². The lowest BCUT2D eigenvalue weighted by Gasteiger charge is -2.24. The van der Waals surface area contributed by atoms with E-state index in [2.05, 4.69) is 11.1 Å². The molecule has 4 nitrogen and oxygen atoms in total. The lowest BCUT2D eigenvalue weighted by molar-refractivity contribution is 0.0749. The van der Waals surface area contributed by atoms with Gasteiger partial charge in [-0.15, -0.1) is 0 Å². The van der Waals surface area contributed by atoms with E-state index in [0.717, 1.165) is 30.8 Å². The number of H-pyrrole nitrogens is 1. The molecule has 1 aromatic heterocycles. The van der Waals surface area contributed by atoms with Gasteiger partial charge in [-0.05, 0) is 74.6 Å². The fourth-order valence-electron chi connectivity index (χ4n) is 3.92. The molecule has 1 saturated carbocycles. The molecule has 2 aliphatic carbocycles. The van der Waals surface area contributed by atoms with Crippen molar-refractivity contribution in [3.8, 4) is 11.3 Å². The number of hydrogen-bond donors (Lipinski definition) is 1. The predicted octanol–water partition coefficient (Wildman–Crippen LogP) is 4.78. The highest BCUT2D eigenvalue weighted by Gasteiger charge is 2.27. The van der Waals surface area contributed by atoms with Crippen LogP contribution in [-0.4, -0.2) is 28.9 Å². The molecule has 4 heteroatoms. The van der Waals surface area contributed by atoms with Gasteiger partial charge < -0.3 is 9.88 Å². The van der Waals surface area contributed by atoms with Gasteiger partial charge in [0, 0.05) is 30.4 Å². The standard InChI is InChI=1S/C24H28N2O2/c27-23-11-5-10-22(25-23)20-8-4-9-21(16-20)24(28)26(17-19-12-13-19)15-14-18-6-2-1-3-7-18/h4-6,8-11,16,19H,1-3,7,12-15,17H2,(H,25,27). The highest BCUT2D eigenvalue weighted by molar-refractivity contribution is 5.95. The second-order valence-electron chi connectivity index (χ2n) is 8.06. The number of allylic oxidation sites excluding steroid dienone is 1. The molecule has 146 valence electrons. The third-order valence-electron chi connectivity index (χ3n) is 5.74. The Bertz CT molecular complexity index is 924. The highest BCUT2D eigenvalue weighted by Crippen LogP contribution is 2.31. The number of nitrogens with one attached hydrogen (secondary N) is 1. The first-order valence-corrected chi connectivity index (χ1v) is 10.5. The molecule has 2 aromatic rings. The van der Waals surface area contributed by atoms with Crippen molar-refractivity contribution in [2.75, 3.05) is 13.1 Å². The molecule has 1 N–H and O–H groups in total.